The molecule has 2 spiro atoms. The van der Waals surface area contributed by atoms with E-state index in [4.69, 9.17) is 37.9 Å². The Bertz CT molecular complexity index is 1810. The molecule has 0 radical (unpaired) electrons. The number of fused-ring (bicyclic) bond motifs is 2. The van der Waals surface area contributed by atoms with Gasteiger partial charge < -0.3 is 83.9 Å². The Balaban J connectivity index is 1.04. The summed E-state index contributed by atoms with van der Waals surface area (Å²) < 4.78 is 50.5. The van der Waals surface area contributed by atoms with Crippen LogP contribution in [0.2, 0.25) is 0 Å². The Hall–Kier alpha value is -1.17. The normalized spacial score (nSPS) is 56.7. The highest BCUT2D eigenvalue weighted by Gasteiger charge is 2.85. The summed E-state index contributed by atoms with van der Waals surface area (Å²) in [6.45, 7) is 16.8. The van der Waals surface area contributed by atoms with Gasteiger partial charge in [-0.1, -0.05) is 27.7 Å². The highest BCUT2D eigenvalue weighted by atomic mass is 16.8. The monoisotopic (exact) mass is 943 g/mol. The second-order valence-electron chi connectivity index (χ2n) is 24.0. The molecular formula is C48H78O18. The van der Waals surface area contributed by atoms with Crippen molar-refractivity contribution >= 4 is 5.97 Å². The third-order valence-electron chi connectivity index (χ3n) is 19.6. The number of aliphatic hydroxyl groups excluding tert-OH is 8. The molecule has 25 atom stereocenters. The van der Waals surface area contributed by atoms with Gasteiger partial charge in [-0.05, 0) is 124 Å². The maximum absolute atomic E-state index is 12.4. The van der Waals surface area contributed by atoms with Crippen molar-refractivity contribution < 1.29 is 88.6 Å². The Morgan fingerprint density at radius 1 is 0.667 bits per heavy atom. The first kappa shape index (κ1) is 49.8. The van der Waals surface area contributed by atoms with Crippen LogP contribution in [0.4, 0.5) is 0 Å². The summed E-state index contributed by atoms with van der Waals surface area (Å²) in [5, 5.41) is 99.0. The second-order valence-corrected chi connectivity index (χ2v) is 24.0. The summed E-state index contributed by atoms with van der Waals surface area (Å²) in [7, 11) is 0. The summed E-state index contributed by atoms with van der Waals surface area (Å²) in [5.74, 6) is -1.03. The topological polar surface area (TPSA) is 273 Å². The first-order valence-electron chi connectivity index (χ1n) is 24.5. The molecule has 4 aliphatic heterocycles. The van der Waals surface area contributed by atoms with E-state index in [9.17, 15) is 50.8 Å². The minimum Gasteiger partial charge on any atom is -0.457 e. The van der Waals surface area contributed by atoms with Gasteiger partial charge in [-0.3, -0.25) is 4.79 Å². The van der Waals surface area contributed by atoms with Gasteiger partial charge in [0, 0.05) is 12.8 Å². The first-order valence-corrected chi connectivity index (χ1v) is 24.5. The molecule has 9 fully saturated rings. The number of ether oxygens (including phenoxy) is 8. The minimum atomic E-state index is -1.70. The lowest BCUT2D eigenvalue weighted by atomic mass is 9.41. The smallest absolute Gasteiger partial charge is 0.303 e. The van der Waals surface area contributed by atoms with E-state index in [-0.39, 0.29) is 58.7 Å². The SMILES string of the molecule is CC(=O)OC1C(O[C@@H]2OC(C)[C@H](O)C(O)C2O)[C@H](O[C@H]2CC[C@]34C[C@]35CC[C@]3(C)C([C@@]6(C)CC[C@@H](C(C)(C)O)O6)[C@H](O)C[C@@]3(C)C5C[C@H](O[C@@H]3OC[C@@H](O)C(O)C3O)C4C2(C)C)OC[C@H]1O. The predicted molar refractivity (Wildman–Crippen MR) is 229 cm³/mol. The van der Waals surface area contributed by atoms with Gasteiger partial charge in [0.25, 0.3) is 0 Å². The molecular weight excluding hydrogens is 865 g/mol. The van der Waals surface area contributed by atoms with E-state index in [1.807, 2.05) is 0 Å². The van der Waals surface area contributed by atoms with Crippen molar-refractivity contribution in [3.05, 3.63) is 0 Å². The van der Waals surface area contributed by atoms with Crippen LogP contribution in [0.5, 0.6) is 0 Å². The van der Waals surface area contributed by atoms with Gasteiger partial charge in [0.2, 0.25) is 0 Å². The zero-order chi connectivity index (χ0) is 48.1. The number of rotatable bonds is 9. The van der Waals surface area contributed by atoms with Crippen LogP contribution in [0.3, 0.4) is 0 Å². The van der Waals surface area contributed by atoms with Gasteiger partial charge in [0.1, 0.15) is 42.7 Å². The van der Waals surface area contributed by atoms with Crippen LogP contribution in [0.15, 0.2) is 0 Å². The predicted octanol–water partition coefficient (Wildman–Crippen LogP) is 0.786. The van der Waals surface area contributed by atoms with Gasteiger partial charge in [-0.25, -0.2) is 0 Å². The van der Waals surface area contributed by atoms with Crippen LogP contribution < -0.4 is 0 Å². The van der Waals surface area contributed by atoms with Crippen LogP contribution in [0, 0.1) is 44.8 Å². The maximum Gasteiger partial charge on any atom is 0.303 e. The highest BCUT2D eigenvalue weighted by Crippen LogP contribution is 2.89. The number of aliphatic hydroxyl groups is 9. The minimum absolute atomic E-state index is 0.0767. The van der Waals surface area contributed by atoms with Gasteiger partial charge in [0.15, 0.2) is 31.1 Å². The molecule has 4 saturated heterocycles. The zero-order valence-corrected chi connectivity index (χ0v) is 40.0. The molecule has 10 unspecified atom stereocenters. The highest BCUT2D eigenvalue weighted by molar-refractivity contribution is 5.66. The van der Waals surface area contributed by atoms with E-state index < -0.39 is 121 Å². The average molecular weight is 943 g/mol. The number of hydrogen-bond donors (Lipinski definition) is 9. The van der Waals surface area contributed by atoms with Gasteiger partial charge in [-0.15, -0.1) is 0 Å². The van der Waals surface area contributed by atoms with Crippen molar-refractivity contribution in [1.82, 2.24) is 0 Å². The Labute approximate surface area is 387 Å². The summed E-state index contributed by atoms with van der Waals surface area (Å²) in [6, 6.07) is 0. The van der Waals surface area contributed by atoms with Crippen LogP contribution >= 0.6 is 0 Å². The van der Waals surface area contributed by atoms with Crippen molar-refractivity contribution in [1.29, 1.82) is 0 Å². The largest absolute Gasteiger partial charge is 0.457 e. The van der Waals surface area contributed by atoms with Crippen molar-refractivity contribution in [3.63, 3.8) is 0 Å². The molecule has 18 nitrogen and oxygen atoms in total. The number of carbonyl (C=O) groups excluding carboxylic acids is 1. The fourth-order valence-electron chi connectivity index (χ4n) is 16.3. The first-order chi connectivity index (χ1) is 30.7. The Morgan fingerprint density at radius 2 is 1.33 bits per heavy atom. The molecule has 0 aromatic heterocycles. The third kappa shape index (κ3) is 7.43. The summed E-state index contributed by atoms with van der Waals surface area (Å²) >= 11 is 0. The Kier molecular flexibility index (Phi) is 12.6. The molecule has 0 aromatic carbocycles. The summed E-state index contributed by atoms with van der Waals surface area (Å²) in [4.78, 5) is 12.4. The summed E-state index contributed by atoms with van der Waals surface area (Å²) in [6.07, 6.45) is -13.6. The van der Waals surface area contributed by atoms with Gasteiger partial charge >= 0.3 is 5.97 Å². The zero-order valence-electron chi connectivity index (χ0n) is 40.0. The fourth-order valence-corrected chi connectivity index (χ4v) is 16.3. The number of hydrogen-bond acceptors (Lipinski definition) is 18. The standard InChI is InChI=1S/C48H78O18/c1-21-30(53)32(55)34(57)40(61-21)65-36-35(62-22(2)49)25(52)19-60-41(36)64-28-11-13-48-20-47(48)15-14-44(7)37(46(9)12-10-29(66-46)43(5,6)58)23(50)17-45(44,8)27(47)16-26(38(48)42(28,3)4)63-39-33(56)31(54)24(51)18-59-39/h21,23-41,50-58H,10-20H2,1-9H3/t21?,23-,24-,25-,26+,27?,28+,29+,30+,31?,32?,33?,34?,35?,36?,37?,38?,39+,40+,41+,44-,45+,46-,47+,48-/m1/s1. The van der Waals surface area contributed by atoms with E-state index >= 15 is 0 Å². The lowest BCUT2D eigenvalue weighted by Crippen LogP contribution is -2.65. The lowest BCUT2D eigenvalue weighted by Gasteiger charge is -2.65. The molecule has 0 aromatic rings. The van der Waals surface area contributed by atoms with Gasteiger partial charge in [-0.2, -0.15) is 0 Å². The van der Waals surface area contributed by atoms with E-state index in [2.05, 4.69) is 34.6 Å². The molecule has 9 rings (SSSR count). The molecule has 9 N–H and O–H groups in total. The molecule has 4 heterocycles. The van der Waals surface area contributed by atoms with Gasteiger partial charge in [0.05, 0.1) is 54.9 Å². The van der Waals surface area contributed by atoms with Crippen molar-refractivity contribution in [3.8, 4) is 0 Å². The number of carbonyl (C=O) groups is 1. The fraction of sp³-hybridized carbons (Fsp3) is 0.979. The molecule has 378 valence electrons. The van der Waals surface area contributed by atoms with E-state index in [1.165, 1.54) is 13.8 Å². The molecule has 5 aliphatic carbocycles. The molecule has 0 bridgehead atoms. The third-order valence-corrected chi connectivity index (χ3v) is 19.6. The van der Waals surface area contributed by atoms with Crippen molar-refractivity contribution in [2.24, 2.45) is 44.8 Å². The van der Waals surface area contributed by atoms with Crippen LogP contribution in [0.1, 0.15) is 120 Å². The molecule has 18 heteroatoms. The van der Waals surface area contributed by atoms with E-state index in [0.29, 0.717) is 25.7 Å². The number of esters is 1. The maximum atomic E-state index is 12.4. The Morgan fingerprint density at radius 3 is 2.00 bits per heavy atom. The molecule has 5 saturated carbocycles. The molecule has 66 heavy (non-hydrogen) atoms. The molecule has 9 aliphatic rings. The quantitative estimate of drug-likeness (QED) is 0.114. The van der Waals surface area contributed by atoms with Crippen molar-refractivity contribution in [2.45, 2.75) is 236 Å². The van der Waals surface area contributed by atoms with Crippen LogP contribution in [-0.2, 0) is 42.7 Å². The van der Waals surface area contributed by atoms with Crippen LogP contribution in [-0.4, -0.2) is 181 Å². The van der Waals surface area contributed by atoms with E-state index in [0.717, 1.165) is 32.1 Å². The van der Waals surface area contributed by atoms with E-state index in [1.54, 1.807) is 13.8 Å². The van der Waals surface area contributed by atoms with Crippen molar-refractivity contribution in [2.75, 3.05) is 13.2 Å². The average Bonchev–Trinajstić information content (AvgIpc) is 3.59. The van der Waals surface area contributed by atoms with Crippen LogP contribution in [0.25, 0.3) is 0 Å². The lowest BCUT2D eigenvalue weighted by molar-refractivity contribution is -0.366. The summed E-state index contributed by atoms with van der Waals surface area (Å²) in [5.41, 5.74) is -3.49. The molecule has 0 amide bonds. The second kappa shape index (κ2) is 16.7.